The van der Waals surface area contributed by atoms with E-state index in [1.165, 1.54) is 0 Å². The number of aromatic nitrogens is 1. The van der Waals surface area contributed by atoms with E-state index in [9.17, 15) is 0 Å². The number of nitrogens with one attached hydrogen (secondary N) is 1. The fraction of sp³-hybridized carbons (Fsp3) is 0. The number of allylic oxidation sites excluding steroid dienone is 4. The topological polar surface area (TPSA) is 40.5 Å². The lowest BCUT2D eigenvalue weighted by molar-refractivity contribution is 1.31. The van der Waals surface area contributed by atoms with Gasteiger partial charge in [0.1, 0.15) is 0 Å². The first-order valence-corrected chi connectivity index (χ1v) is 5.68. The second kappa shape index (κ2) is 3.72. The van der Waals surface area contributed by atoms with Gasteiger partial charge in [-0.1, -0.05) is 0 Å². The summed E-state index contributed by atoms with van der Waals surface area (Å²) in [5.74, 6) is 0. The monoisotopic (exact) mass is 273 g/mol. The summed E-state index contributed by atoms with van der Waals surface area (Å²) in [5, 5.41) is 0. The third-order valence-corrected chi connectivity index (χ3v) is 2.90. The van der Waals surface area contributed by atoms with Crippen molar-refractivity contribution >= 4 is 27.9 Å². The Morgan fingerprint density at radius 1 is 1.19 bits per heavy atom. The summed E-state index contributed by atoms with van der Waals surface area (Å²) in [4.78, 5) is 11.9. The standard InChI is InChI=1S/C12H8BrN3/c13-11-4-3-10(16-11)12-8(5-7-15-12)9-2-1-6-14-9/h1-7,16H. The molecule has 3 rings (SSSR count). The smallest absolute Gasteiger partial charge is 0.0959 e. The maximum Gasteiger partial charge on any atom is 0.0959 e. The first-order valence-electron chi connectivity index (χ1n) is 4.89. The lowest BCUT2D eigenvalue weighted by atomic mass is 10.1. The van der Waals surface area contributed by atoms with Crippen molar-refractivity contribution in [2.24, 2.45) is 9.98 Å². The lowest BCUT2D eigenvalue weighted by Crippen LogP contribution is -2.02. The third-order valence-electron chi connectivity index (χ3n) is 2.44. The molecule has 1 aromatic heterocycles. The van der Waals surface area contributed by atoms with Gasteiger partial charge < -0.3 is 4.98 Å². The Kier molecular flexibility index (Phi) is 2.22. The highest BCUT2D eigenvalue weighted by Crippen LogP contribution is 2.23. The number of H-pyrrole nitrogens is 1. The molecule has 0 fully saturated rings. The number of hydrogen-bond acceptors (Lipinski definition) is 2. The van der Waals surface area contributed by atoms with Crippen LogP contribution < -0.4 is 0 Å². The molecule has 0 radical (unpaired) electrons. The second-order valence-electron chi connectivity index (χ2n) is 3.45. The van der Waals surface area contributed by atoms with Crippen LogP contribution in [0.2, 0.25) is 0 Å². The Morgan fingerprint density at radius 2 is 2.12 bits per heavy atom. The average molecular weight is 274 g/mol. The molecule has 2 aliphatic heterocycles. The van der Waals surface area contributed by atoms with Crippen LogP contribution in [0.25, 0.3) is 0 Å². The highest BCUT2D eigenvalue weighted by atomic mass is 79.9. The molecule has 1 N–H and O–H groups in total. The molecule has 0 atom stereocenters. The molecule has 0 saturated carbocycles. The molecule has 0 spiro atoms. The lowest BCUT2D eigenvalue weighted by Gasteiger charge is -2.02. The van der Waals surface area contributed by atoms with E-state index in [1.807, 2.05) is 30.4 Å². The minimum Gasteiger partial charge on any atom is -0.348 e. The number of rotatable bonds is 1. The fourth-order valence-electron chi connectivity index (χ4n) is 1.72. The van der Waals surface area contributed by atoms with Gasteiger partial charge in [-0.2, -0.15) is 0 Å². The van der Waals surface area contributed by atoms with E-state index < -0.39 is 0 Å². The Morgan fingerprint density at radius 3 is 2.81 bits per heavy atom. The molecule has 2 aliphatic rings. The van der Waals surface area contributed by atoms with Crippen LogP contribution in [0, 0.1) is 0 Å². The largest absolute Gasteiger partial charge is 0.348 e. The minimum atomic E-state index is 0.935. The number of nitrogens with zero attached hydrogens (tertiary/aromatic N) is 2. The summed E-state index contributed by atoms with van der Waals surface area (Å²) in [6.45, 7) is 0. The number of aromatic amines is 1. The van der Waals surface area contributed by atoms with Crippen LogP contribution in [0.3, 0.4) is 0 Å². The third kappa shape index (κ3) is 1.51. The molecule has 0 bridgehead atoms. The quantitative estimate of drug-likeness (QED) is 0.818. The molecule has 0 amide bonds. The van der Waals surface area contributed by atoms with E-state index in [1.54, 1.807) is 12.4 Å². The Hall–Kier alpha value is -1.68. The summed E-state index contributed by atoms with van der Waals surface area (Å²) in [7, 11) is 0. The van der Waals surface area contributed by atoms with E-state index in [2.05, 4.69) is 30.9 Å². The number of hydrogen-bond donors (Lipinski definition) is 1. The molecule has 16 heavy (non-hydrogen) atoms. The van der Waals surface area contributed by atoms with E-state index in [0.717, 1.165) is 27.3 Å². The molecule has 0 saturated heterocycles. The van der Waals surface area contributed by atoms with Gasteiger partial charge in [0, 0.05) is 18.0 Å². The van der Waals surface area contributed by atoms with Gasteiger partial charge in [0.15, 0.2) is 0 Å². The van der Waals surface area contributed by atoms with Gasteiger partial charge >= 0.3 is 0 Å². The molecular weight excluding hydrogens is 266 g/mol. The van der Waals surface area contributed by atoms with Crippen LogP contribution in [0.4, 0.5) is 0 Å². The molecule has 1 aromatic rings. The van der Waals surface area contributed by atoms with Crippen LogP contribution in [0.15, 0.2) is 62.4 Å². The maximum atomic E-state index is 4.36. The first kappa shape index (κ1) is 9.54. The number of aliphatic imine (C=N–C) groups is 2. The van der Waals surface area contributed by atoms with E-state index >= 15 is 0 Å². The van der Waals surface area contributed by atoms with Crippen molar-refractivity contribution < 1.29 is 0 Å². The molecule has 4 heteroatoms. The summed E-state index contributed by atoms with van der Waals surface area (Å²) >= 11 is 3.39. The first-order chi connectivity index (χ1) is 7.84. The van der Waals surface area contributed by atoms with Crippen LogP contribution in [0.1, 0.15) is 5.69 Å². The van der Waals surface area contributed by atoms with E-state index in [0.29, 0.717) is 0 Å². The van der Waals surface area contributed by atoms with Gasteiger partial charge in [-0.25, -0.2) is 0 Å². The average Bonchev–Trinajstić information content (AvgIpc) is 2.96. The highest BCUT2D eigenvalue weighted by Gasteiger charge is 2.16. The fourth-order valence-corrected chi connectivity index (χ4v) is 2.07. The van der Waals surface area contributed by atoms with Crippen molar-refractivity contribution in [1.82, 2.24) is 4.98 Å². The highest BCUT2D eigenvalue weighted by molar-refractivity contribution is 9.10. The summed E-state index contributed by atoms with van der Waals surface area (Å²) < 4.78 is 0.951. The van der Waals surface area contributed by atoms with E-state index in [-0.39, 0.29) is 0 Å². The van der Waals surface area contributed by atoms with Crippen LogP contribution in [-0.2, 0) is 0 Å². The molecule has 0 aromatic carbocycles. The Bertz CT molecular complexity index is 571. The van der Waals surface area contributed by atoms with Crippen molar-refractivity contribution in [3.05, 3.63) is 58.1 Å². The van der Waals surface area contributed by atoms with Gasteiger partial charge in [0.2, 0.25) is 0 Å². The summed E-state index contributed by atoms with van der Waals surface area (Å²) in [6, 6.07) is 3.96. The minimum absolute atomic E-state index is 0.935. The van der Waals surface area contributed by atoms with Crippen molar-refractivity contribution in [2.75, 3.05) is 0 Å². The summed E-state index contributed by atoms with van der Waals surface area (Å²) in [6.07, 6.45) is 9.48. The zero-order valence-electron chi connectivity index (χ0n) is 8.31. The van der Waals surface area contributed by atoms with Crippen molar-refractivity contribution in [3.63, 3.8) is 0 Å². The molecule has 0 aliphatic carbocycles. The zero-order chi connectivity index (χ0) is 11.0. The predicted octanol–water partition coefficient (Wildman–Crippen LogP) is 2.99. The Labute approximate surface area is 101 Å². The van der Waals surface area contributed by atoms with Gasteiger partial charge in [-0.15, -0.1) is 0 Å². The molecular formula is C12H8BrN3. The normalized spacial score (nSPS) is 22.2. The van der Waals surface area contributed by atoms with Crippen LogP contribution in [0.5, 0.6) is 0 Å². The van der Waals surface area contributed by atoms with Crippen molar-refractivity contribution in [3.8, 4) is 0 Å². The van der Waals surface area contributed by atoms with Gasteiger partial charge in [-0.05, 0) is 46.3 Å². The zero-order valence-corrected chi connectivity index (χ0v) is 9.90. The molecule has 3 nitrogen and oxygen atoms in total. The van der Waals surface area contributed by atoms with Crippen LogP contribution in [-0.4, -0.2) is 16.9 Å². The molecule has 3 heterocycles. The van der Waals surface area contributed by atoms with Crippen molar-refractivity contribution in [1.29, 1.82) is 0 Å². The van der Waals surface area contributed by atoms with Gasteiger partial charge in [-0.3, -0.25) is 9.98 Å². The van der Waals surface area contributed by atoms with Crippen molar-refractivity contribution in [2.45, 2.75) is 0 Å². The molecule has 78 valence electrons. The van der Waals surface area contributed by atoms with Gasteiger partial charge in [0.25, 0.3) is 0 Å². The van der Waals surface area contributed by atoms with Crippen LogP contribution >= 0.6 is 15.9 Å². The van der Waals surface area contributed by atoms with E-state index in [4.69, 9.17) is 0 Å². The summed E-state index contributed by atoms with van der Waals surface area (Å²) in [5.41, 5.74) is 3.94. The second-order valence-corrected chi connectivity index (χ2v) is 4.30. The predicted molar refractivity (Wildman–Crippen MR) is 68.8 cm³/mol. The van der Waals surface area contributed by atoms with Gasteiger partial charge in [0.05, 0.1) is 21.7 Å². The number of halogens is 1. The SMILES string of the molecule is Brc1ccc(C2=NC=CC2=C2C=CC=N2)[nH]1. The molecule has 0 unspecified atom stereocenters. The maximum absolute atomic E-state index is 4.36. The Balaban J connectivity index is 2.07.